The van der Waals surface area contributed by atoms with Gasteiger partial charge in [0.15, 0.2) is 0 Å². The van der Waals surface area contributed by atoms with E-state index < -0.39 is 0 Å². The van der Waals surface area contributed by atoms with Crippen LogP contribution in [0.2, 0.25) is 0 Å². The molecule has 0 radical (unpaired) electrons. The van der Waals surface area contributed by atoms with Crippen LogP contribution in [0.4, 0.5) is 0 Å². The first-order valence-corrected chi connectivity index (χ1v) is 15.4. The summed E-state index contributed by atoms with van der Waals surface area (Å²) in [6.07, 6.45) is 13.8. The maximum atomic E-state index is 6.29. The third-order valence-corrected chi connectivity index (χ3v) is 8.16. The molecule has 0 N–H and O–H groups in total. The quantitative estimate of drug-likeness (QED) is 0.190. The molecule has 0 atom stereocenters. The van der Waals surface area contributed by atoms with Gasteiger partial charge in [0.05, 0.1) is 12.8 Å². The van der Waals surface area contributed by atoms with Crippen molar-refractivity contribution in [2.24, 2.45) is 5.92 Å². The van der Waals surface area contributed by atoms with E-state index in [-0.39, 0.29) is 5.60 Å². The number of unbranched alkanes of at least 4 members (excludes halogenated alkanes) is 3. The number of hydrogen-bond acceptors (Lipinski definition) is 4. The number of benzene rings is 2. The maximum absolute atomic E-state index is 6.29. The molecule has 1 heterocycles. The minimum Gasteiger partial charge on any atom is -0.496 e. The summed E-state index contributed by atoms with van der Waals surface area (Å²) in [5.74, 6) is 3.61. The second-order valence-corrected chi connectivity index (χ2v) is 12.5. The average molecular weight is 543 g/mol. The van der Waals surface area contributed by atoms with Crippen LogP contribution in [0, 0.1) is 5.92 Å². The lowest BCUT2D eigenvalue weighted by atomic mass is 9.77. The van der Waals surface area contributed by atoms with Gasteiger partial charge in [-0.15, -0.1) is 0 Å². The molecule has 4 rings (SSSR count). The molecule has 1 aromatic heterocycles. The van der Waals surface area contributed by atoms with Crippen molar-refractivity contribution in [3.05, 3.63) is 89.7 Å². The van der Waals surface area contributed by atoms with E-state index in [4.69, 9.17) is 9.47 Å². The van der Waals surface area contributed by atoms with Crippen LogP contribution < -0.4 is 9.47 Å². The van der Waals surface area contributed by atoms with E-state index in [2.05, 4.69) is 91.3 Å². The highest BCUT2D eigenvalue weighted by atomic mass is 16.5. The zero-order chi connectivity index (χ0) is 28.2. The van der Waals surface area contributed by atoms with Crippen molar-refractivity contribution in [1.29, 1.82) is 0 Å². The molecule has 0 spiro atoms. The van der Waals surface area contributed by atoms with E-state index in [0.29, 0.717) is 5.92 Å². The van der Waals surface area contributed by atoms with Crippen molar-refractivity contribution in [3.63, 3.8) is 0 Å². The Labute approximate surface area is 243 Å². The fourth-order valence-corrected chi connectivity index (χ4v) is 6.13. The van der Waals surface area contributed by atoms with Crippen molar-refractivity contribution >= 4 is 0 Å². The zero-order valence-electron chi connectivity index (χ0n) is 25.3. The molecule has 4 heteroatoms. The standard InChI is InChI=1S/C36H50N2O2/c1-36(2,3)40-34-19-10-8-16-31(34)27-38(28-32-17-12-13-25-37-32)26-14-6-5-7-15-29-21-23-30(24-22-29)33-18-9-11-20-35(33)39-4/h8-13,16-20,25,29-30H,5-7,14-15,21-24,26-28H2,1-4H3. The lowest BCUT2D eigenvalue weighted by Crippen LogP contribution is -2.27. The van der Waals surface area contributed by atoms with E-state index >= 15 is 0 Å². The Bertz CT molecular complexity index is 1130. The minimum atomic E-state index is -0.213. The van der Waals surface area contributed by atoms with Gasteiger partial charge in [-0.3, -0.25) is 9.88 Å². The molecule has 1 aliphatic rings. The number of aromatic nitrogens is 1. The van der Waals surface area contributed by atoms with Crippen LogP contribution in [-0.4, -0.2) is 29.1 Å². The first-order chi connectivity index (χ1) is 19.4. The highest BCUT2D eigenvalue weighted by molar-refractivity contribution is 5.36. The van der Waals surface area contributed by atoms with Crippen LogP contribution in [0.5, 0.6) is 11.5 Å². The van der Waals surface area contributed by atoms with E-state index in [1.807, 2.05) is 12.3 Å². The summed E-state index contributed by atoms with van der Waals surface area (Å²) in [4.78, 5) is 7.14. The van der Waals surface area contributed by atoms with Gasteiger partial charge in [-0.1, -0.05) is 68.1 Å². The molecule has 216 valence electrons. The molecule has 0 saturated heterocycles. The number of nitrogens with zero attached hydrogens (tertiary/aromatic N) is 2. The minimum absolute atomic E-state index is 0.213. The fourth-order valence-electron chi connectivity index (χ4n) is 6.13. The Balaban J connectivity index is 1.21. The van der Waals surface area contributed by atoms with Crippen LogP contribution in [-0.2, 0) is 13.1 Å². The predicted octanol–water partition coefficient (Wildman–Crippen LogP) is 9.19. The number of para-hydroxylation sites is 2. The van der Waals surface area contributed by atoms with Gasteiger partial charge in [-0.2, -0.15) is 0 Å². The monoisotopic (exact) mass is 542 g/mol. The summed E-state index contributed by atoms with van der Waals surface area (Å²) in [5, 5.41) is 0. The number of hydrogen-bond donors (Lipinski definition) is 0. The van der Waals surface area contributed by atoms with Crippen LogP contribution in [0.3, 0.4) is 0 Å². The molecule has 2 aromatic carbocycles. The molecule has 0 unspecified atom stereocenters. The molecule has 1 saturated carbocycles. The Kier molecular flexibility index (Phi) is 11.5. The van der Waals surface area contributed by atoms with Crippen molar-refractivity contribution < 1.29 is 9.47 Å². The van der Waals surface area contributed by atoms with Gasteiger partial charge in [0.1, 0.15) is 17.1 Å². The van der Waals surface area contributed by atoms with Crippen LogP contribution in [0.1, 0.15) is 101 Å². The highest BCUT2D eigenvalue weighted by Crippen LogP contribution is 2.40. The predicted molar refractivity (Wildman–Crippen MR) is 166 cm³/mol. The van der Waals surface area contributed by atoms with Gasteiger partial charge in [-0.05, 0) is 101 Å². The summed E-state index contributed by atoms with van der Waals surface area (Å²) in [6.45, 7) is 9.15. The van der Waals surface area contributed by atoms with Gasteiger partial charge in [0, 0.05) is 24.8 Å². The lowest BCUT2D eigenvalue weighted by Gasteiger charge is -2.29. The van der Waals surface area contributed by atoms with Gasteiger partial charge in [-0.25, -0.2) is 0 Å². The Morgan fingerprint density at radius 2 is 1.48 bits per heavy atom. The molecule has 1 fully saturated rings. The van der Waals surface area contributed by atoms with E-state index in [1.165, 1.54) is 68.9 Å². The molecule has 0 aliphatic heterocycles. The molecule has 1 aliphatic carbocycles. The number of ether oxygens (including phenoxy) is 2. The van der Waals surface area contributed by atoms with Crippen molar-refractivity contribution in [2.45, 2.75) is 103 Å². The molecule has 3 aromatic rings. The van der Waals surface area contributed by atoms with Gasteiger partial charge >= 0.3 is 0 Å². The molecule has 4 nitrogen and oxygen atoms in total. The number of methoxy groups -OCH3 is 1. The summed E-state index contributed by atoms with van der Waals surface area (Å²) >= 11 is 0. The second kappa shape index (κ2) is 15.2. The van der Waals surface area contributed by atoms with E-state index in [0.717, 1.165) is 42.7 Å². The Morgan fingerprint density at radius 1 is 0.775 bits per heavy atom. The van der Waals surface area contributed by atoms with Gasteiger partial charge in [0.25, 0.3) is 0 Å². The lowest BCUT2D eigenvalue weighted by molar-refractivity contribution is 0.126. The zero-order valence-corrected chi connectivity index (χ0v) is 25.3. The topological polar surface area (TPSA) is 34.6 Å². The smallest absolute Gasteiger partial charge is 0.124 e. The first-order valence-electron chi connectivity index (χ1n) is 15.4. The van der Waals surface area contributed by atoms with E-state index in [9.17, 15) is 0 Å². The number of rotatable bonds is 14. The SMILES string of the molecule is COc1ccccc1C1CCC(CCCCCCN(Cc2ccccn2)Cc2ccccc2OC(C)(C)C)CC1. The molecule has 0 bridgehead atoms. The number of pyridine rings is 1. The van der Waals surface area contributed by atoms with Crippen molar-refractivity contribution in [2.75, 3.05) is 13.7 Å². The average Bonchev–Trinajstić information content (AvgIpc) is 2.96. The third-order valence-electron chi connectivity index (χ3n) is 8.16. The molecule has 40 heavy (non-hydrogen) atoms. The largest absolute Gasteiger partial charge is 0.496 e. The summed E-state index contributed by atoms with van der Waals surface area (Å²) in [6, 6.07) is 23.3. The Morgan fingerprint density at radius 3 is 2.20 bits per heavy atom. The normalized spacial score (nSPS) is 17.6. The van der Waals surface area contributed by atoms with Gasteiger partial charge < -0.3 is 9.47 Å². The summed E-state index contributed by atoms with van der Waals surface area (Å²) in [7, 11) is 1.79. The van der Waals surface area contributed by atoms with E-state index in [1.54, 1.807) is 7.11 Å². The van der Waals surface area contributed by atoms with Crippen molar-refractivity contribution in [3.8, 4) is 11.5 Å². The summed E-state index contributed by atoms with van der Waals surface area (Å²) < 4.78 is 11.9. The van der Waals surface area contributed by atoms with Crippen LogP contribution in [0.25, 0.3) is 0 Å². The van der Waals surface area contributed by atoms with Gasteiger partial charge in [0.2, 0.25) is 0 Å². The van der Waals surface area contributed by atoms with Crippen LogP contribution in [0.15, 0.2) is 72.9 Å². The second-order valence-electron chi connectivity index (χ2n) is 12.5. The van der Waals surface area contributed by atoms with Crippen molar-refractivity contribution in [1.82, 2.24) is 9.88 Å². The maximum Gasteiger partial charge on any atom is 0.124 e. The first kappa shape index (κ1) is 30.1. The third kappa shape index (κ3) is 9.66. The molecular weight excluding hydrogens is 492 g/mol. The summed E-state index contributed by atoms with van der Waals surface area (Å²) in [5.41, 5.74) is 3.57. The molecular formula is C36H50N2O2. The molecule has 0 amide bonds. The Hall–Kier alpha value is -2.85. The fraction of sp³-hybridized carbons (Fsp3) is 0.528. The van der Waals surface area contributed by atoms with Crippen LogP contribution >= 0.6 is 0 Å². The highest BCUT2D eigenvalue weighted by Gasteiger charge is 2.24.